The fourth-order valence-corrected chi connectivity index (χ4v) is 4.89. The molecule has 2 fully saturated rings. The van der Waals surface area contributed by atoms with E-state index < -0.39 is 12.0 Å². The maximum Gasteiger partial charge on any atom is 0.247 e. The Hall–Kier alpha value is -3.60. The number of halogens is 1. The van der Waals surface area contributed by atoms with Gasteiger partial charge in [-0.05, 0) is 44.2 Å². The molecule has 0 aromatic carbocycles. The Morgan fingerprint density at radius 3 is 2.91 bits per heavy atom. The molecule has 2 atom stereocenters. The zero-order valence-corrected chi connectivity index (χ0v) is 19.4. The van der Waals surface area contributed by atoms with Gasteiger partial charge in [-0.2, -0.15) is 14.5 Å². The first kappa shape index (κ1) is 21.9. The zero-order valence-electron chi connectivity index (χ0n) is 19.4. The predicted octanol–water partition coefficient (Wildman–Crippen LogP) is 3.08. The molecule has 4 heterocycles. The van der Waals surface area contributed by atoms with Crippen LogP contribution in [0.5, 0.6) is 0 Å². The van der Waals surface area contributed by atoms with Gasteiger partial charge in [-0.1, -0.05) is 0 Å². The summed E-state index contributed by atoms with van der Waals surface area (Å²) in [5.74, 6) is 1.70. The number of anilines is 4. The first-order valence-corrected chi connectivity index (χ1v) is 12.0. The average molecular weight is 479 g/mol. The number of rotatable bonds is 7. The highest BCUT2D eigenvalue weighted by atomic mass is 19.1. The summed E-state index contributed by atoms with van der Waals surface area (Å²) >= 11 is 0. The van der Waals surface area contributed by atoms with E-state index in [-0.39, 0.29) is 12.0 Å². The SMILES string of the molecule is CO[C@H]1C[C@@H](C(=O)Nc2ccc(F)nc2)N(c2nc3c(c(Nc4cc(C5CC5)[nH]n4)n2)CCC3)C1. The standard InChI is InChI=1S/C24H27FN8O2/c1-35-15-9-19(23(34)27-14-7-8-20(25)26-11-14)33(12-15)24-28-17-4-2-3-16(17)22(30-24)29-21-10-18(31-32-21)13-5-6-13/h7-8,10-11,13,15,19H,2-6,9,12H2,1H3,(H,27,34)(H2,28,29,30,31,32)/t15-,19-/m0/s1. The number of H-pyrrole nitrogens is 1. The van der Waals surface area contributed by atoms with E-state index >= 15 is 0 Å². The molecule has 0 bridgehead atoms. The zero-order chi connectivity index (χ0) is 23.9. The van der Waals surface area contributed by atoms with Crippen LogP contribution in [0.2, 0.25) is 0 Å². The van der Waals surface area contributed by atoms with Crippen molar-refractivity contribution >= 4 is 29.2 Å². The van der Waals surface area contributed by atoms with E-state index in [4.69, 9.17) is 14.7 Å². The largest absolute Gasteiger partial charge is 0.380 e. The number of ether oxygens (including phenoxy) is 1. The molecule has 182 valence electrons. The second kappa shape index (κ2) is 8.88. The molecule has 1 aliphatic heterocycles. The molecule has 2 aliphatic carbocycles. The van der Waals surface area contributed by atoms with Crippen LogP contribution in [0.4, 0.5) is 27.7 Å². The highest BCUT2D eigenvalue weighted by Crippen LogP contribution is 2.40. The molecule has 1 amide bonds. The van der Waals surface area contributed by atoms with Crippen LogP contribution in [0, 0.1) is 5.95 Å². The lowest BCUT2D eigenvalue weighted by Crippen LogP contribution is -2.41. The number of nitrogens with one attached hydrogen (secondary N) is 3. The molecule has 3 aromatic rings. The summed E-state index contributed by atoms with van der Waals surface area (Å²) in [5, 5.41) is 13.8. The molecule has 3 aliphatic rings. The number of aryl methyl sites for hydroxylation is 1. The summed E-state index contributed by atoms with van der Waals surface area (Å²) in [6, 6.07) is 4.21. The molecule has 0 unspecified atom stereocenters. The van der Waals surface area contributed by atoms with E-state index in [1.165, 1.54) is 31.2 Å². The van der Waals surface area contributed by atoms with Crippen LogP contribution in [-0.4, -0.2) is 56.9 Å². The number of amides is 1. The van der Waals surface area contributed by atoms with E-state index in [2.05, 4.69) is 25.8 Å². The molecule has 1 saturated heterocycles. The lowest BCUT2D eigenvalue weighted by molar-refractivity contribution is -0.117. The summed E-state index contributed by atoms with van der Waals surface area (Å²) in [6.45, 7) is 0.489. The highest BCUT2D eigenvalue weighted by molar-refractivity contribution is 5.97. The van der Waals surface area contributed by atoms with Crippen molar-refractivity contribution in [1.82, 2.24) is 25.1 Å². The third kappa shape index (κ3) is 4.43. The van der Waals surface area contributed by atoms with Crippen molar-refractivity contribution in [2.45, 2.75) is 56.6 Å². The van der Waals surface area contributed by atoms with E-state index in [1.807, 2.05) is 11.0 Å². The Morgan fingerprint density at radius 1 is 1.26 bits per heavy atom. The number of carbonyl (C=O) groups excluding carboxylic acids is 1. The average Bonchev–Trinajstić information content (AvgIpc) is 3.24. The number of pyridine rings is 1. The van der Waals surface area contributed by atoms with Gasteiger partial charge in [-0.25, -0.2) is 9.97 Å². The number of fused-ring (bicyclic) bond motifs is 1. The normalized spacial score (nSPS) is 21.3. The van der Waals surface area contributed by atoms with Crippen LogP contribution >= 0.6 is 0 Å². The number of aromatic amines is 1. The van der Waals surface area contributed by atoms with Gasteiger partial charge in [0.05, 0.1) is 23.7 Å². The molecular weight excluding hydrogens is 451 g/mol. The van der Waals surface area contributed by atoms with Crippen LogP contribution < -0.4 is 15.5 Å². The minimum absolute atomic E-state index is 0.141. The van der Waals surface area contributed by atoms with E-state index in [0.29, 0.717) is 30.5 Å². The first-order valence-electron chi connectivity index (χ1n) is 12.0. The van der Waals surface area contributed by atoms with Crippen molar-refractivity contribution in [3.05, 3.63) is 47.3 Å². The number of hydrogen-bond donors (Lipinski definition) is 3. The third-order valence-corrected chi connectivity index (χ3v) is 6.93. The monoisotopic (exact) mass is 478 g/mol. The molecule has 0 spiro atoms. The molecule has 1 saturated carbocycles. The Labute approximate surface area is 201 Å². The third-order valence-electron chi connectivity index (χ3n) is 6.93. The summed E-state index contributed by atoms with van der Waals surface area (Å²) < 4.78 is 18.8. The second-order valence-electron chi connectivity index (χ2n) is 9.38. The smallest absolute Gasteiger partial charge is 0.247 e. The van der Waals surface area contributed by atoms with Crippen LogP contribution in [0.15, 0.2) is 24.4 Å². The van der Waals surface area contributed by atoms with Crippen molar-refractivity contribution in [3.8, 4) is 0 Å². The maximum absolute atomic E-state index is 13.2. The minimum Gasteiger partial charge on any atom is -0.380 e. The summed E-state index contributed by atoms with van der Waals surface area (Å²) in [7, 11) is 1.64. The van der Waals surface area contributed by atoms with Crippen molar-refractivity contribution in [2.24, 2.45) is 0 Å². The van der Waals surface area contributed by atoms with Crippen LogP contribution in [0.25, 0.3) is 0 Å². The molecular formula is C24H27FN8O2. The molecule has 3 aromatic heterocycles. The van der Waals surface area contributed by atoms with Gasteiger partial charge in [-0.15, -0.1) is 0 Å². The molecule has 10 nitrogen and oxygen atoms in total. The molecule has 0 radical (unpaired) electrons. The Bertz CT molecular complexity index is 1240. The van der Waals surface area contributed by atoms with Gasteiger partial charge in [0.1, 0.15) is 11.9 Å². The van der Waals surface area contributed by atoms with Crippen molar-refractivity contribution < 1.29 is 13.9 Å². The van der Waals surface area contributed by atoms with Gasteiger partial charge >= 0.3 is 0 Å². The van der Waals surface area contributed by atoms with Crippen LogP contribution in [0.3, 0.4) is 0 Å². The Morgan fingerprint density at radius 2 is 2.14 bits per heavy atom. The van der Waals surface area contributed by atoms with Gasteiger partial charge in [0.15, 0.2) is 5.82 Å². The summed E-state index contributed by atoms with van der Waals surface area (Å²) in [4.78, 5) is 28.4. The van der Waals surface area contributed by atoms with Gasteiger partial charge in [-0.3, -0.25) is 9.89 Å². The molecule has 3 N–H and O–H groups in total. The quantitative estimate of drug-likeness (QED) is 0.443. The number of carbonyl (C=O) groups is 1. The molecule has 11 heteroatoms. The summed E-state index contributed by atoms with van der Waals surface area (Å²) in [6.07, 6.45) is 6.82. The Kier molecular flexibility index (Phi) is 5.56. The lowest BCUT2D eigenvalue weighted by Gasteiger charge is -2.25. The molecule has 6 rings (SSSR count). The van der Waals surface area contributed by atoms with Crippen molar-refractivity contribution in [1.29, 1.82) is 0 Å². The minimum atomic E-state index is -0.599. The fourth-order valence-electron chi connectivity index (χ4n) is 4.89. The van der Waals surface area contributed by atoms with Gasteiger partial charge in [0.25, 0.3) is 0 Å². The summed E-state index contributed by atoms with van der Waals surface area (Å²) in [5.41, 5.74) is 3.68. The number of hydrogen-bond acceptors (Lipinski definition) is 8. The Balaban J connectivity index is 1.28. The predicted molar refractivity (Wildman–Crippen MR) is 127 cm³/mol. The van der Waals surface area contributed by atoms with Crippen molar-refractivity contribution in [2.75, 3.05) is 29.2 Å². The fraction of sp³-hybridized carbons (Fsp3) is 0.458. The van der Waals surface area contributed by atoms with Crippen molar-refractivity contribution in [3.63, 3.8) is 0 Å². The topological polar surface area (TPSA) is 121 Å². The first-order chi connectivity index (χ1) is 17.1. The van der Waals surface area contributed by atoms with E-state index in [0.717, 1.165) is 47.8 Å². The highest BCUT2D eigenvalue weighted by Gasteiger charge is 2.39. The van der Waals surface area contributed by atoms with Crippen LogP contribution in [-0.2, 0) is 22.4 Å². The van der Waals surface area contributed by atoms with Gasteiger partial charge < -0.3 is 20.3 Å². The van der Waals surface area contributed by atoms with Gasteiger partial charge in [0, 0.05) is 43.3 Å². The second-order valence-corrected chi connectivity index (χ2v) is 9.38. The lowest BCUT2D eigenvalue weighted by atomic mass is 10.2. The van der Waals surface area contributed by atoms with Crippen LogP contribution in [0.1, 0.15) is 48.6 Å². The van der Waals surface area contributed by atoms with Gasteiger partial charge in [0.2, 0.25) is 17.8 Å². The number of aromatic nitrogens is 5. The number of methoxy groups -OCH3 is 1. The molecule has 35 heavy (non-hydrogen) atoms. The maximum atomic E-state index is 13.2. The van der Waals surface area contributed by atoms with E-state index in [9.17, 15) is 9.18 Å². The number of nitrogens with zero attached hydrogens (tertiary/aromatic N) is 5. The van der Waals surface area contributed by atoms with E-state index in [1.54, 1.807) is 7.11 Å².